The van der Waals surface area contributed by atoms with E-state index in [2.05, 4.69) is 15.3 Å². The molecule has 0 atom stereocenters. The molecule has 1 heterocycles. The van der Waals surface area contributed by atoms with Gasteiger partial charge >= 0.3 is 0 Å². The summed E-state index contributed by atoms with van der Waals surface area (Å²) in [5, 5.41) is 2.91. The Balaban J connectivity index is 2.89. The smallest absolute Gasteiger partial charge is 0.255 e. The van der Waals surface area contributed by atoms with E-state index in [1.165, 1.54) is 0 Å². The summed E-state index contributed by atoms with van der Waals surface area (Å²) in [6.45, 7) is 8.36. The Kier molecular flexibility index (Phi) is 4.04. The van der Waals surface area contributed by atoms with Crippen molar-refractivity contribution in [3.8, 4) is 5.88 Å². The highest BCUT2D eigenvalue weighted by molar-refractivity contribution is 5.28. The molecule has 16 heavy (non-hydrogen) atoms. The summed E-state index contributed by atoms with van der Waals surface area (Å²) in [4.78, 5) is 7.78. The molecule has 90 valence electrons. The minimum Gasteiger partial charge on any atom is -0.469 e. The van der Waals surface area contributed by atoms with Crippen molar-refractivity contribution in [2.45, 2.75) is 39.7 Å². The molecule has 0 unspecified atom stereocenters. The van der Waals surface area contributed by atoms with Gasteiger partial charge in [-0.3, -0.25) is 0 Å². The molecule has 0 aliphatic carbocycles. The molecule has 0 aliphatic rings. The number of halogens is 1. The molecule has 0 saturated heterocycles. The van der Waals surface area contributed by atoms with E-state index in [0.29, 0.717) is 12.5 Å². The highest BCUT2D eigenvalue weighted by Gasteiger charge is 2.20. The number of anilines is 1. The van der Waals surface area contributed by atoms with Gasteiger partial charge in [0.05, 0.1) is 6.20 Å². The Morgan fingerprint density at radius 1 is 1.44 bits per heavy atom. The standard InChI is InChI=1S/C11H18FN3O/c1-5-11(3,4)16-9-8(12)7-14-10(15-9)13-6-2/h7H,5-6H2,1-4H3,(H,13,14,15). The molecule has 0 bridgehead atoms. The number of rotatable bonds is 5. The van der Waals surface area contributed by atoms with Gasteiger partial charge in [-0.25, -0.2) is 4.98 Å². The van der Waals surface area contributed by atoms with Crippen LogP contribution in [0.5, 0.6) is 5.88 Å². The zero-order valence-electron chi connectivity index (χ0n) is 10.2. The summed E-state index contributed by atoms with van der Waals surface area (Å²) in [6, 6.07) is 0. The maximum absolute atomic E-state index is 13.4. The van der Waals surface area contributed by atoms with Gasteiger partial charge in [-0.15, -0.1) is 0 Å². The van der Waals surface area contributed by atoms with Crippen LogP contribution < -0.4 is 10.1 Å². The second kappa shape index (κ2) is 5.09. The lowest BCUT2D eigenvalue weighted by Crippen LogP contribution is -2.28. The highest BCUT2D eigenvalue weighted by atomic mass is 19.1. The maximum Gasteiger partial charge on any atom is 0.255 e. The lowest BCUT2D eigenvalue weighted by atomic mass is 10.1. The van der Waals surface area contributed by atoms with Gasteiger partial charge in [0.15, 0.2) is 0 Å². The lowest BCUT2D eigenvalue weighted by molar-refractivity contribution is 0.0929. The summed E-state index contributed by atoms with van der Waals surface area (Å²) >= 11 is 0. The van der Waals surface area contributed by atoms with Crippen molar-refractivity contribution in [3.63, 3.8) is 0 Å². The predicted octanol–water partition coefficient (Wildman–Crippen LogP) is 2.61. The average molecular weight is 227 g/mol. The molecule has 1 aromatic rings. The average Bonchev–Trinajstić information content (AvgIpc) is 2.23. The second-order valence-corrected chi connectivity index (χ2v) is 4.09. The third-order valence-corrected chi connectivity index (χ3v) is 2.27. The fourth-order valence-electron chi connectivity index (χ4n) is 1.00. The summed E-state index contributed by atoms with van der Waals surface area (Å²) in [5.41, 5.74) is -0.432. The molecule has 0 saturated carbocycles. The number of nitrogens with one attached hydrogen (secondary N) is 1. The van der Waals surface area contributed by atoms with Crippen LogP contribution in [0, 0.1) is 5.82 Å². The molecule has 0 aromatic carbocycles. The van der Waals surface area contributed by atoms with E-state index >= 15 is 0 Å². The van der Waals surface area contributed by atoms with Crippen LogP contribution in [0.2, 0.25) is 0 Å². The molecule has 0 aliphatic heterocycles. The van der Waals surface area contributed by atoms with Crippen LogP contribution >= 0.6 is 0 Å². The van der Waals surface area contributed by atoms with Gasteiger partial charge in [0.1, 0.15) is 5.60 Å². The Labute approximate surface area is 95.3 Å². The van der Waals surface area contributed by atoms with Crippen LogP contribution in [0.15, 0.2) is 6.20 Å². The number of hydrogen-bond donors (Lipinski definition) is 1. The third-order valence-electron chi connectivity index (χ3n) is 2.27. The van der Waals surface area contributed by atoms with E-state index < -0.39 is 11.4 Å². The largest absolute Gasteiger partial charge is 0.469 e. The van der Waals surface area contributed by atoms with E-state index in [0.717, 1.165) is 12.6 Å². The summed E-state index contributed by atoms with van der Waals surface area (Å²) < 4.78 is 18.9. The fourth-order valence-corrected chi connectivity index (χ4v) is 1.00. The van der Waals surface area contributed by atoms with Crippen molar-refractivity contribution < 1.29 is 9.13 Å². The normalized spacial score (nSPS) is 11.3. The van der Waals surface area contributed by atoms with Gasteiger partial charge in [-0.1, -0.05) is 6.92 Å². The predicted molar refractivity (Wildman–Crippen MR) is 61.2 cm³/mol. The van der Waals surface area contributed by atoms with Crippen molar-refractivity contribution in [3.05, 3.63) is 12.0 Å². The first-order valence-electron chi connectivity index (χ1n) is 5.44. The molecule has 1 rings (SSSR count). The zero-order chi connectivity index (χ0) is 12.2. The molecule has 0 fully saturated rings. The molecule has 1 aromatic heterocycles. The molecular formula is C11H18FN3O. The van der Waals surface area contributed by atoms with E-state index in [1.807, 2.05) is 27.7 Å². The Hall–Kier alpha value is -1.39. The molecule has 5 heteroatoms. The Bertz CT molecular complexity index is 355. The third kappa shape index (κ3) is 3.32. The van der Waals surface area contributed by atoms with E-state index in [9.17, 15) is 4.39 Å². The molecule has 1 N–H and O–H groups in total. The van der Waals surface area contributed by atoms with E-state index in [-0.39, 0.29) is 5.88 Å². The number of ether oxygens (including phenoxy) is 1. The van der Waals surface area contributed by atoms with Gasteiger partial charge in [-0.05, 0) is 27.2 Å². The van der Waals surface area contributed by atoms with Crippen LogP contribution in [0.4, 0.5) is 10.3 Å². The van der Waals surface area contributed by atoms with Crippen molar-refractivity contribution in [1.82, 2.24) is 9.97 Å². The summed E-state index contributed by atoms with van der Waals surface area (Å²) in [6.07, 6.45) is 1.89. The number of nitrogens with zero attached hydrogens (tertiary/aromatic N) is 2. The molecule has 4 nitrogen and oxygen atoms in total. The first-order chi connectivity index (χ1) is 7.48. The van der Waals surface area contributed by atoms with Gasteiger partial charge in [0.25, 0.3) is 5.88 Å². The number of hydrogen-bond acceptors (Lipinski definition) is 4. The van der Waals surface area contributed by atoms with Crippen LogP contribution in [0.1, 0.15) is 34.1 Å². The topological polar surface area (TPSA) is 47.0 Å². The van der Waals surface area contributed by atoms with Gasteiger partial charge in [-0.2, -0.15) is 9.37 Å². The number of aromatic nitrogens is 2. The first-order valence-corrected chi connectivity index (χ1v) is 5.44. The van der Waals surface area contributed by atoms with E-state index in [1.54, 1.807) is 0 Å². The van der Waals surface area contributed by atoms with Crippen molar-refractivity contribution >= 4 is 5.95 Å². The Morgan fingerprint density at radius 2 is 2.12 bits per heavy atom. The van der Waals surface area contributed by atoms with Crippen LogP contribution in [-0.2, 0) is 0 Å². The lowest BCUT2D eigenvalue weighted by Gasteiger charge is -2.24. The minimum absolute atomic E-state index is 0.00204. The SMILES string of the molecule is CCNc1ncc(F)c(OC(C)(C)CC)n1. The summed E-state index contributed by atoms with van der Waals surface area (Å²) in [5.74, 6) is -0.160. The molecule has 0 amide bonds. The van der Waals surface area contributed by atoms with Gasteiger partial charge in [0.2, 0.25) is 11.8 Å². The molecule has 0 radical (unpaired) electrons. The first kappa shape index (κ1) is 12.7. The van der Waals surface area contributed by atoms with Crippen LogP contribution in [0.3, 0.4) is 0 Å². The maximum atomic E-state index is 13.4. The minimum atomic E-state index is -0.539. The summed E-state index contributed by atoms with van der Waals surface area (Å²) in [7, 11) is 0. The van der Waals surface area contributed by atoms with Crippen molar-refractivity contribution in [1.29, 1.82) is 0 Å². The monoisotopic (exact) mass is 227 g/mol. The van der Waals surface area contributed by atoms with Gasteiger partial charge < -0.3 is 10.1 Å². The second-order valence-electron chi connectivity index (χ2n) is 4.09. The van der Waals surface area contributed by atoms with E-state index in [4.69, 9.17) is 4.74 Å². The Morgan fingerprint density at radius 3 is 2.69 bits per heavy atom. The van der Waals surface area contributed by atoms with Crippen LogP contribution in [0.25, 0.3) is 0 Å². The van der Waals surface area contributed by atoms with Gasteiger partial charge in [0, 0.05) is 6.54 Å². The zero-order valence-corrected chi connectivity index (χ0v) is 10.2. The molecular weight excluding hydrogens is 209 g/mol. The van der Waals surface area contributed by atoms with Crippen LogP contribution in [-0.4, -0.2) is 22.1 Å². The van der Waals surface area contributed by atoms with Crippen molar-refractivity contribution in [2.24, 2.45) is 0 Å². The highest BCUT2D eigenvalue weighted by Crippen LogP contribution is 2.22. The quantitative estimate of drug-likeness (QED) is 0.840. The molecule has 0 spiro atoms. The van der Waals surface area contributed by atoms with Crippen molar-refractivity contribution in [2.75, 3.05) is 11.9 Å². The fraction of sp³-hybridized carbons (Fsp3) is 0.636.